The summed E-state index contributed by atoms with van der Waals surface area (Å²) in [6.07, 6.45) is 3.22. The molecule has 96 valence electrons. The normalized spacial score (nSPS) is 16.1. The third kappa shape index (κ3) is 2.55. The van der Waals surface area contributed by atoms with Crippen molar-refractivity contribution >= 4 is 17.5 Å². The lowest BCUT2D eigenvalue weighted by Crippen LogP contribution is -2.13. The lowest BCUT2D eigenvalue weighted by atomic mass is 10.1. The Kier molecular flexibility index (Phi) is 2.90. The third-order valence-corrected chi connectivity index (χ3v) is 3.11. The number of aromatic nitrogens is 1. The van der Waals surface area contributed by atoms with Gasteiger partial charge in [-0.05, 0) is 18.3 Å². The Bertz CT molecular complexity index is 511. The highest BCUT2D eigenvalue weighted by atomic mass is 16.6. The molecular formula is C11H13N3O4. The second-order valence-corrected chi connectivity index (χ2v) is 4.81. The maximum absolute atomic E-state index is 10.9. The van der Waals surface area contributed by atoms with Crippen molar-refractivity contribution in [3.8, 4) is 0 Å². The highest BCUT2D eigenvalue weighted by Crippen LogP contribution is 2.44. The van der Waals surface area contributed by atoms with Crippen LogP contribution in [0.4, 0.5) is 11.5 Å². The number of hydrogen-bond acceptors (Lipinski definition) is 5. The highest BCUT2D eigenvalue weighted by Gasteiger charge is 2.37. The van der Waals surface area contributed by atoms with Gasteiger partial charge in [0.05, 0.1) is 4.92 Å². The van der Waals surface area contributed by atoms with E-state index in [-0.39, 0.29) is 11.0 Å². The Labute approximate surface area is 103 Å². The minimum atomic E-state index is -1.33. The monoisotopic (exact) mass is 251 g/mol. The zero-order valence-corrected chi connectivity index (χ0v) is 9.84. The number of hydrogen-bond donors (Lipinski definition) is 2. The molecule has 0 atom stereocenters. The Morgan fingerprint density at radius 1 is 1.67 bits per heavy atom. The lowest BCUT2D eigenvalue weighted by Gasteiger charge is -2.10. The van der Waals surface area contributed by atoms with Crippen molar-refractivity contribution in [3.63, 3.8) is 0 Å². The quantitative estimate of drug-likeness (QED) is 0.611. The molecule has 0 unspecified atom stereocenters. The maximum atomic E-state index is 10.9. The minimum Gasteiger partial charge on any atom is -0.477 e. The maximum Gasteiger partial charge on any atom is 0.342 e. The number of carboxylic acids is 1. The van der Waals surface area contributed by atoms with Crippen molar-refractivity contribution in [1.29, 1.82) is 0 Å². The summed E-state index contributed by atoms with van der Waals surface area (Å²) < 4.78 is 0. The highest BCUT2D eigenvalue weighted by molar-refractivity contribution is 5.93. The fourth-order valence-corrected chi connectivity index (χ4v) is 1.56. The number of nitro groups is 1. The van der Waals surface area contributed by atoms with Crippen LogP contribution >= 0.6 is 0 Å². The van der Waals surface area contributed by atoms with E-state index in [4.69, 9.17) is 5.11 Å². The van der Waals surface area contributed by atoms with E-state index in [1.165, 1.54) is 6.07 Å². The summed E-state index contributed by atoms with van der Waals surface area (Å²) in [5.41, 5.74) is -0.600. The summed E-state index contributed by atoms with van der Waals surface area (Å²) >= 11 is 0. The summed E-state index contributed by atoms with van der Waals surface area (Å²) in [7, 11) is 0. The molecule has 1 heterocycles. The molecule has 0 bridgehead atoms. The molecular weight excluding hydrogens is 238 g/mol. The van der Waals surface area contributed by atoms with Gasteiger partial charge in [-0.2, -0.15) is 0 Å². The Hall–Kier alpha value is -2.18. The van der Waals surface area contributed by atoms with Gasteiger partial charge in [0.2, 0.25) is 0 Å². The van der Waals surface area contributed by atoms with Crippen LogP contribution in [0.1, 0.15) is 30.1 Å². The molecule has 2 N–H and O–H groups in total. The van der Waals surface area contributed by atoms with E-state index in [0.29, 0.717) is 12.4 Å². The van der Waals surface area contributed by atoms with Crippen LogP contribution in [0.15, 0.2) is 12.3 Å². The number of pyridine rings is 1. The average molecular weight is 251 g/mol. The average Bonchev–Trinajstić information content (AvgIpc) is 3.05. The summed E-state index contributed by atoms with van der Waals surface area (Å²) in [6, 6.07) is 1.20. The number of carboxylic acid groups (broad SMARTS) is 1. The van der Waals surface area contributed by atoms with E-state index in [9.17, 15) is 14.9 Å². The van der Waals surface area contributed by atoms with Crippen LogP contribution in [0, 0.1) is 15.5 Å². The summed E-state index contributed by atoms with van der Waals surface area (Å²) in [5, 5.41) is 22.6. The SMILES string of the molecule is CC1(CNc2cc(C(=O)O)c([N+](=O)[O-])cn2)CC1. The molecule has 0 aromatic carbocycles. The van der Waals surface area contributed by atoms with Crippen molar-refractivity contribution in [2.24, 2.45) is 5.41 Å². The lowest BCUT2D eigenvalue weighted by molar-refractivity contribution is -0.385. The largest absolute Gasteiger partial charge is 0.477 e. The van der Waals surface area contributed by atoms with Crippen LogP contribution in [-0.2, 0) is 0 Å². The number of anilines is 1. The minimum absolute atomic E-state index is 0.243. The smallest absolute Gasteiger partial charge is 0.342 e. The van der Waals surface area contributed by atoms with Crippen LogP contribution in [-0.4, -0.2) is 27.5 Å². The molecule has 18 heavy (non-hydrogen) atoms. The first-order valence-electron chi connectivity index (χ1n) is 5.53. The topological polar surface area (TPSA) is 105 Å². The molecule has 0 spiro atoms. The van der Waals surface area contributed by atoms with E-state index in [2.05, 4.69) is 17.2 Å². The van der Waals surface area contributed by atoms with Gasteiger partial charge < -0.3 is 10.4 Å². The second-order valence-electron chi connectivity index (χ2n) is 4.81. The van der Waals surface area contributed by atoms with Gasteiger partial charge >= 0.3 is 11.7 Å². The molecule has 2 rings (SSSR count). The molecule has 0 amide bonds. The number of nitrogens with zero attached hydrogens (tertiary/aromatic N) is 2. The van der Waals surface area contributed by atoms with Crippen molar-refractivity contribution in [2.45, 2.75) is 19.8 Å². The molecule has 1 aromatic rings. The number of nitrogens with one attached hydrogen (secondary N) is 1. The first-order valence-corrected chi connectivity index (χ1v) is 5.53. The summed E-state index contributed by atoms with van der Waals surface area (Å²) in [4.78, 5) is 24.7. The number of aromatic carboxylic acids is 1. The van der Waals surface area contributed by atoms with Gasteiger partial charge in [-0.1, -0.05) is 6.92 Å². The molecule has 7 heteroatoms. The molecule has 0 saturated heterocycles. The molecule has 1 aliphatic carbocycles. The van der Waals surface area contributed by atoms with E-state index in [1.54, 1.807) is 0 Å². The molecule has 0 aliphatic heterocycles. The van der Waals surface area contributed by atoms with Crippen LogP contribution < -0.4 is 5.32 Å². The van der Waals surface area contributed by atoms with Crippen molar-refractivity contribution < 1.29 is 14.8 Å². The molecule has 1 aromatic heterocycles. The second kappa shape index (κ2) is 4.25. The first kappa shape index (κ1) is 12.3. The summed E-state index contributed by atoms with van der Waals surface area (Å²) in [5.74, 6) is -0.976. The predicted molar refractivity (Wildman–Crippen MR) is 63.7 cm³/mol. The Morgan fingerprint density at radius 2 is 2.33 bits per heavy atom. The number of carbonyl (C=O) groups is 1. The van der Waals surface area contributed by atoms with E-state index in [0.717, 1.165) is 19.0 Å². The van der Waals surface area contributed by atoms with Crippen LogP contribution in [0.25, 0.3) is 0 Å². The molecule has 0 radical (unpaired) electrons. The molecule has 1 aliphatic rings. The molecule has 1 saturated carbocycles. The predicted octanol–water partition coefficient (Wildman–Crippen LogP) is 1.90. The fourth-order valence-electron chi connectivity index (χ4n) is 1.56. The van der Waals surface area contributed by atoms with Gasteiger partial charge in [-0.3, -0.25) is 10.1 Å². The van der Waals surface area contributed by atoms with Crippen LogP contribution in [0.5, 0.6) is 0 Å². The molecule has 1 fully saturated rings. The van der Waals surface area contributed by atoms with E-state index in [1.807, 2.05) is 0 Å². The van der Waals surface area contributed by atoms with E-state index >= 15 is 0 Å². The fraction of sp³-hybridized carbons (Fsp3) is 0.455. The van der Waals surface area contributed by atoms with Crippen molar-refractivity contribution in [1.82, 2.24) is 4.98 Å². The zero-order chi connectivity index (χ0) is 13.3. The van der Waals surface area contributed by atoms with Gasteiger partial charge in [0.15, 0.2) is 0 Å². The number of rotatable bonds is 5. The molecule has 7 nitrogen and oxygen atoms in total. The Balaban J connectivity index is 2.19. The van der Waals surface area contributed by atoms with Gasteiger partial charge in [-0.15, -0.1) is 0 Å². The van der Waals surface area contributed by atoms with Gasteiger partial charge in [0.25, 0.3) is 0 Å². The first-order chi connectivity index (χ1) is 8.41. The van der Waals surface area contributed by atoms with Gasteiger partial charge in [0.1, 0.15) is 17.6 Å². The standard InChI is InChI=1S/C11H13N3O4/c1-11(2-3-11)6-13-9-4-7(10(15)16)8(5-12-9)14(17)18/h4-5H,2-3,6H2,1H3,(H,12,13)(H,15,16). The van der Waals surface area contributed by atoms with Gasteiger partial charge in [-0.25, -0.2) is 9.78 Å². The summed E-state index contributed by atoms with van der Waals surface area (Å²) in [6.45, 7) is 2.81. The third-order valence-electron chi connectivity index (χ3n) is 3.11. The van der Waals surface area contributed by atoms with Crippen LogP contribution in [0.2, 0.25) is 0 Å². The van der Waals surface area contributed by atoms with E-state index < -0.39 is 16.6 Å². The van der Waals surface area contributed by atoms with Gasteiger partial charge in [0, 0.05) is 12.6 Å². The van der Waals surface area contributed by atoms with Crippen molar-refractivity contribution in [3.05, 3.63) is 27.9 Å². The van der Waals surface area contributed by atoms with Crippen molar-refractivity contribution in [2.75, 3.05) is 11.9 Å². The Morgan fingerprint density at radius 3 is 2.83 bits per heavy atom. The zero-order valence-electron chi connectivity index (χ0n) is 9.84. The van der Waals surface area contributed by atoms with Crippen LogP contribution in [0.3, 0.4) is 0 Å².